The summed E-state index contributed by atoms with van der Waals surface area (Å²) in [6.07, 6.45) is 1.18. The molecule has 0 aliphatic carbocycles. The van der Waals surface area contributed by atoms with Crippen molar-refractivity contribution in [3.05, 3.63) is 23.8 Å². The van der Waals surface area contributed by atoms with Crippen LogP contribution in [-0.4, -0.2) is 55.4 Å². The largest absolute Gasteiger partial charge is 0.508 e. The Morgan fingerprint density at radius 1 is 1.29 bits per heavy atom. The highest BCUT2D eigenvalue weighted by atomic mass is 16.5. The molecule has 0 aromatic heterocycles. The third-order valence-corrected chi connectivity index (χ3v) is 4.60. The number of ether oxygens (including phenoxy) is 1. The highest BCUT2D eigenvalue weighted by Crippen LogP contribution is 2.30. The molecule has 2 atom stereocenters. The third-order valence-electron chi connectivity index (χ3n) is 4.60. The van der Waals surface area contributed by atoms with Gasteiger partial charge >= 0.3 is 0 Å². The summed E-state index contributed by atoms with van der Waals surface area (Å²) in [5.74, 6) is 0.303. The SMILES string of the molecule is CC(N)c1ccc(N2CCC(N3CCOCC3)C2)cc1O. The number of nitrogens with two attached hydrogens (primary N) is 1. The Bertz CT molecular complexity index is 486. The summed E-state index contributed by atoms with van der Waals surface area (Å²) in [4.78, 5) is 4.88. The summed E-state index contributed by atoms with van der Waals surface area (Å²) in [6, 6.07) is 6.32. The Kier molecular flexibility index (Phi) is 4.33. The molecule has 116 valence electrons. The van der Waals surface area contributed by atoms with Crippen LogP contribution in [0.3, 0.4) is 0 Å². The molecule has 0 saturated carbocycles. The van der Waals surface area contributed by atoms with Crippen molar-refractivity contribution in [2.45, 2.75) is 25.4 Å². The molecule has 0 radical (unpaired) electrons. The lowest BCUT2D eigenvalue weighted by atomic mass is 10.1. The van der Waals surface area contributed by atoms with Gasteiger partial charge in [0.2, 0.25) is 0 Å². The number of anilines is 1. The molecule has 2 aliphatic rings. The molecule has 2 fully saturated rings. The number of nitrogens with zero attached hydrogens (tertiary/aromatic N) is 2. The van der Waals surface area contributed by atoms with Crippen LogP contribution in [0.1, 0.15) is 24.9 Å². The molecule has 21 heavy (non-hydrogen) atoms. The lowest BCUT2D eigenvalue weighted by molar-refractivity contribution is 0.0209. The van der Waals surface area contributed by atoms with Crippen LogP contribution in [0.2, 0.25) is 0 Å². The van der Waals surface area contributed by atoms with E-state index in [1.54, 1.807) is 0 Å². The molecule has 2 unspecified atom stereocenters. The Balaban J connectivity index is 1.67. The minimum absolute atomic E-state index is 0.140. The average molecular weight is 291 g/mol. The van der Waals surface area contributed by atoms with Crippen LogP contribution in [0.25, 0.3) is 0 Å². The fourth-order valence-corrected chi connectivity index (χ4v) is 3.33. The molecular weight excluding hydrogens is 266 g/mol. The zero-order valence-electron chi connectivity index (χ0n) is 12.7. The van der Waals surface area contributed by atoms with Crippen molar-refractivity contribution >= 4 is 5.69 Å². The average Bonchev–Trinajstić information content (AvgIpc) is 2.97. The number of aromatic hydroxyl groups is 1. The van der Waals surface area contributed by atoms with Gasteiger partial charge in [0.15, 0.2) is 0 Å². The van der Waals surface area contributed by atoms with Crippen LogP contribution in [-0.2, 0) is 4.74 Å². The van der Waals surface area contributed by atoms with Crippen molar-refractivity contribution < 1.29 is 9.84 Å². The van der Waals surface area contributed by atoms with Gasteiger partial charge in [0.25, 0.3) is 0 Å². The zero-order valence-corrected chi connectivity index (χ0v) is 12.7. The number of rotatable bonds is 3. The van der Waals surface area contributed by atoms with Crippen molar-refractivity contribution in [2.24, 2.45) is 5.73 Å². The van der Waals surface area contributed by atoms with Crippen LogP contribution < -0.4 is 10.6 Å². The first-order valence-electron chi connectivity index (χ1n) is 7.80. The number of benzene rings is 1. The summed E-state index contributed by atoms with van der Waals surface area (Å²) in [7, 11) is 0. The third kappa shape index (κ3) is 3.15. The van der Waals surface area contributed by atoms with E-state index in [2.05, 4.69) is 15.9 Å². The molecule has 3 N–H and O–H groups in total. The van der Waals surface area contributed by atoms with Gasteiger partial charge in [-0.3, -0.25) is 4.90 Å². The fraction of sp³-hybridized carbons (Fsp3) is 0.625. The van der Waals surface area contributed by atoms with Crippen LogP contribution in [0.4, 0.5) is 5.69 Å². The van der Waals surface area contributed by atoms with E-state index >= 15 is 0 Å². The number of hydrogen-bond acceptors (Lipinski definition) is 5. The van der Waals surface area contributed by atoms with Crippen LogP contribution >= 0.6 is 0 Å². The topological polar surface area (TPSA) is 62.0 Å². The van der Waals surface area contributed by atoms with Gasteiger partial charge in [0.05, 0.1) is 13.2 Å². The summed E-state index contributed by atoms with van der Waals surface area (Å²) in [6.45, 7) is 7.72. The number of phenolic OH excluding ortho intramolecular Hbond substituents is 1. The van der Waals surface area contributed by atoms with E-state index in [1.165, 1.54) is 6.42 Å². The molecule has 5 heteroatoms. The Labute approximate surface area is 126 Å². The van der Waals surface area contributed by atoms with Crippen molar-refractivity contribution in [3.8, 4) is 5.75 Å². The monoisotopic (exact) mass is 291 g/mol. The maximum absolute atomic E-state index is 10.1. The normalized spacial score (nSPS) is 25.2. The molecule has 1 aromatic rings. The van der Waals surface area contributed by atoms with Gasteiger partial charge in [-0.25, -0.2) is 0 Å². The first-order valence-corrected chi connectivity index (χ1v) is 7.80. The van der Waals surface area contributed by atoms with E-state index in [1.807, 2.05) is 19.1 Å². The first kappa shape index (κ1) is 14.6. The Morgan fingerprint density at radius 3 is 2.71 bits per heavy atom. The maximum Gasteiger partial charge on any atom is 0.122 e. The molecule has 0 spiro atoms. The van der Waals surface area contributed by atoms with E-state index in [4.69, 9.17) is 10.5 Å². The molecule has 2 heterocycles. The summed E-state index contributed by atoms with van der Waals surface area (Å²) >= 11 is 0. The summed E-state index contributed by atoms with van der Waals surface area (Å²) in [5.41, 5.74) is 7.74. The van der Waals surface area contributed by atoms with E-state index in [0.717, 1.165) is 50.6 Å². The van der Waals surface area contributed by atoms with Crippen LogP contribution in [0.5, 0.6) is 5.75 Å². The molecule has 0 amide bonds. The molecule has 2 aliphatic heterocycles. The standard InChI is InChI=1S/C16H25N3O2/c1-12(17)15-3-2-13(10-16(15)20)19-5-4-14(11-19)18-6-8-21-9-7-18/h2-3,10,12,14,20H,4-9,11,17H2,1H3. The zero-order chi connectivity index (χ0) is 14.8. The predicted molar refractivity (Wildman–Crippen MR) is 83.7 cm³/mol. The predicted octanol–water partition coefficient (Wildman–Crippen LogP) is 1.32. The number of hydrogen-bond donors (Lipinski definition) is 2. The quantitative estimate of drug-likeness (QED) is 0.879. The van der Waals surface area contributed by atoms with Crippen molar-refractivity contribution in [1.29, 1.82) is 0 Å². The second kappa shape index (κ2) is 6.22. The highest BCUT2D eigenvalue weighted by molar-refractivity contribution is 5.54. The highest BCUT2D eigenvalue weighted by Gasteiger charge is 2.29. The van der Waals surface area contributed by atoms with Crippen LogP contribution in [0, 0.1) is 0 Å². The number of morpholine rings is 1. The minimum atomic E-state index is -0.140. The summed E-state index contributed by atoms with van der Waals surface area (Å²) in [5, 5.41) is 10.1. The first-order chi connectivity index (χ1) is 10.1. The Morgan fingerprint density at radius 2 is 2.05 bits per heavy atom. The van der Waals surface area contributed by atoms with Gasteiger partial charge < -0.3 is 20.5 Å². The second-order valence-electron chi connectivity index (χ2n) is 6.07. The van der Waals surface area contributed by atoms with E-state index in [0.29, 0.717) is 11.8 Å². The van der Waals surface area contributed by atoms with E-state index < -0.39 is 0 Å². The molecule has 0 bridgehead atoms. The molecular formula is C16H25N3O2. The van der Waals surface area contributed by atoms with Gasteiger partial charge in [-0.05, 0) is 19.4 Å². The molecule has 2 saturated heterocycles. The summed E-state index contributed by atoms with van der Waals surface area (Å²) < 4.78 is 5.42. The lowest BCUT2D eigenvalue weighted by Gasteiger charge is -2.32. The van der Waals surface area contributed by atoms with E-state index in [9.17, 15) is 5.11 Å². The van der Waals surface area contributed by atoms with Crippen molar-refractivity contribution in [3.63, 3.8) is 0 Å². The maximum atomic E-state index is 10.1. The van der Waals surface area contributed by atoms with Gasteiger partial charge in [-0.15, -0.1) is 0 Å². The Hall–Kier alpha value is -1.30. The van der Waals surface area contributed by atoms with E-state index in [-0.39, 0.29) is 6.04 Å². The van der Waals surface area contributed by atoms with Gasteiger partial charge in [0.1, 0.15) is 5.75 Å². The van der Waals surface area contributed by atoms with Gasteiger partial charge in [-0.1, -0.05) is 6.07 Å². The minimum Gasteiger partial charge on any atom is -0.508 e. The van der Waals surface area contributed by atoms with Crippen molar-refractivity contribution in [2.75, 3.05) is 44.3 Å². The molecule has 5 nitrogen and oxygen atoms in total. The van der Waals surface area contributed by atoms with Crippen molar-refractivity contribution in [1.82, 2.24) is 4.90 Å². The fourth-order valence-electron chi connectivity index (χ4n) is 3.33. The van der Waals surface area contributed by atoms with Gasteiger partial charge in [-0.2, -0.15) is 0 Å². The number of phenols is 1. The van der Waals surface area contributed by atoms with Gasteiger partial charge in [0, 0.05) is 55.6 Å². The molecule has 1 aromatic carbocycles. The van der Waals surface area contributed by atoms with Crippen LogP contribution in [0.15, 0.2) is 18.2 Å². The lowest BCUT2D eigenvalue weighted by Crippen LogP contribution is -2.44. The smallest absolute Gasteiger partial charge is 0.122 e. The second-order valence-corrected chi connectivity index (χ2v) is 6.07. The molecule has 3 rings (SSSR count).